The Bertz CT molecular complexity index is 1070. The molecule has 1 aromatic rings. The van der Waals surface area contributed by atoms with Crippen molar-refractivity contribution in [3.63, 3.8) is 0 Å². The number of benzene rings is 1. The summed E-state index contributed by atoms with van der Waals surface area (Å²) in [6.45, 7) is 6.54. The summed E-state index contributed by atoms with van der Waals surface area (Å²) in [6.07, 6.45) is 15.0. The molecule has 0 saturated carbocycles. The number of hydrogen-bond donors (Lipinski definition) is 0. The molecule has 2 aliphatic rings. The van der Waals surface area contributed by atoms with Crippen molar-refractivity contribution < 1.29 is 14.2 Å². The molecule has 0 unspecified atom stereocenters. The number of nitrogens with zero attached hydrogens (tertiary/aromatic N) is 3. The Morgan fingerprint density at radius 1 is 0.971 bits per heavy atom. The van der Waals surface area contributed by atoms with Gasteiger partial charge in [-0.1, -0.05) is 51.3 Å². The molecule has 6 heteroatoms. The Morgan fingerprint density at radius 2 is 1.63 bits per heavy atom. The van der Waals surface area contributed by atoms with Crippen LogP contribution in [0.4, 0.5) is 5.69 Å². The number of ketones is 1. The summed E-state index contributed by atoms with van der Waals surface area (Å²) in [4.78, 5) is 25.4. The summed E-state index contributed by atoms with van der Waals surface area (Å²) >= 11 is 0. The molecule has 0 fully saturated rings. The molecule has 0 saturated heterocycles. The van der Waals surface area contributed by atoms with Crippen molar-refractivity contribution in [2.24, 2.45) is 0 Å². The van der Waals surface area contributed by atoms with Crippen molar-refractivity contribution in [2.45, 2.75) is 57.8 Å². The lowest BCUT2D eigenvalue weighted by Crippen LogP contribution is -2.35. The van der Waals surface area contributed by atoms with E-state index in [9.17, 15) is 14.9 Å². The Labute approximate surface area is 210 Å². The van der Waals surface area contributed by atoms with Crippen LogP contribution in [0.25, 0.3) is 0 Å². The number of hydrogen-bond acceptors (Lipinski definition) is 4. The molecule has 35 heavy (non-hydrogen) atoms. The quantitative estimate of drug-likeness (QED) is 0.130. The predicted octanol–water partition coefficient (Wildman–Crippen LogP) is 5.94. The number of carbonyl (C=O) groups excluding carboxylic acids is 1. The van der Waals surface area contributed by atoms with E-state index in [0.717, 1.165) is 23.1 Å². The number of para-hydroxylation sites is 1. The van der Waals surface area contributed by atoms with E-state index in [1.165, 1.54) is 68.1 Å². The summed E-state index contributed by atoms with van der Waals surface area (Å²) < 4.78 is 1.03. The maximum Gasteiger partial charge on any atom is 0.270 e. The summed E-state index contributed by atoms with van der Waals surface area (Å²) in [5, 5.41) is 11.2. The topological polar surface area (TPSA) is 63.5 Å². The van der Waals surface area contributed by atoms with Gasteiger partial charge in [0.05, 0.1) is 32.6 Å². The second kappa shape index (κ2) is 11.2. The van der Waals surface area contributed by atoms with Crippen LogP contribution in [-0.4, -0.2) is 49.4 Å². The fourth-order valence-electron chi connectivity index (χ4n) is 4.89. The Balaban J connectivity index is 1.71. The van der Waals surface area contributed by atoms with Crippen LogP contribution < -0.4 is 4.90 Å². The summed E-state index contributed by atoms with van der Waals surface area (Å²) in [7, 11) is 6.73. The summed E-state index contributed by atoms with van der Waals surface area (Å²) in [6, 6.07) is 8.47. The van der Waals surface area contributed by atoms with Crippen molar-refractivity contribution >= 4 is 11.5 Å². The number of allylic oxidation sites excluding steroid dienone is 7. The fraction of sp³-hybridized carbons (Fsp3) is 0.483. The van der Waals surface area contributed by atoms with Crippen LogP contribution in [0.2, 0.25) is 0 Å². The molecule has 0 radical (unpaired) electrons. The highest BCUT2D eigenvalue weighted by atomic mass is 16.6. The molecule has 3 rings (SSSR count). The van der Waals surface area contributed by atoms with E-state index in [0.29, 0.717) is 5.57 Å². The predicted molar refractivity (Wildman–Crippen MR) is 143 cm³/mol. The molecule has 1 aliphatic carbocycles. The van der Waals surface area contributed by atoms with Crippen LogP contribution in [0.15, 0.2) is 71.6 Å². The van der Waals surface area contributed by atoms with Gasteiger partial charge < -0.3 is 9.38 Å². The van der Waals surface area contributed by atoms with E-state index >= 15 is 0 Å². The van der Waals surface area contributed by atoms with E-state index < -0.39 is 4.92 Å². The van der Waals surface area contributed by atoms with Crippen LogP contribution in [-0.2, 0) is 10.2 Å². The third-order valence-corrected chi connectivity index (χ3v) is 6.88. The monoisotopic (exact) mass is 478 g/mol. The number of unbranched alkanes of at least 4 members (excludes halogenated alkanes) is 5. The van der Waals surface area contributed by atoms with Crippen LogP contribution >= 0.6 is 0 Å². The second-order valence-corrected chi connectivity index (χ2v) is 11.1. The van der Waals surface area contributed by atoms with Gasteiger partial charge in [0.2, 0.25) is 0 Å². The van der Waals surface area contributed by atoms with E-state index in [4.69, 9.17) is 0 Å². The maximum atomic E-state index is 12.3. The first-order valence-corrected chi connectivity index (χ1v) is 12.7. The number of rotatable bonds is 11. The van der Waals surface area contributed by atoms with Gasteiger partial charge in [-0.15, -0.1) is 0 Å². The van der Waals surface area contributed by atoms with Crippen molar-refractivity contribution in [2.75, 3.05) is 39.1 Å². The molecule has 1 aromatic carbocycles. The van der Waals surface area contributed by atoms with Gasteiger partial charge in [-0.25, -0.2) is 0 Å². The Hall–Kier alpha value is -2.99. The van der Waals surface area contributed by atoms with Crippen molar-refractivity contribution in [3.8, 4) is 0 Å². The van der Waals surface area contributed by atoms with Gasteiger partial charge in [-0.2, -0.15) is 0 Å². The van der Waals surface area contributed by atoms with Crippen molar-refractivity contribution in [1.82, 2.24) is 0 Å². The highest BCUT2D eigenvalue weighted by Gasteiger charge is 2.39. The number of quaternary nitrogens is 1. The first-order chi connectivity index (χ1) is 16.5. The lowest BCUT2D eigenvalue weighted by atomic mass is 9.83. The van der Waals surface area contributed by atoms with Crippen LogP contribution in [0, 0.1) is 10.1 Å². The molecular formula is C29H40N3O3+. The van der Waals surface area contributed by atoms with Gasteiger partial charge in [0.15, 0.2) is 5.78 Å². The van der Waals surface area contributed by atoms with Crippen molar-refractivity contribution in [1.29, 1.82) is 0 Å². The molecule has 1 heterocycles. The van der Waals surface area contributed by atoms with Crippen molar-refractivity contribution in [3.05, 3.63) is 87.3 Å². The Morgan fingerprint density at radius 3 is 2.31 bits per heavy atom. The van der Waals surface area contributed by atoms with Gasteiger partial charge in [-0.05, 0) is 49.1 Å². The van der Waals surface area contributed by atoms with Gasteiger partial charge in [-0.3, -0.25) is 14.9 Å². The van der Waals surface area contributed by atoms with Gasteiger partial charge in [0, 0.05) is 41.1 Å². The van der Waals surface area contributed by atoms with Gasteiger partial charge in [0.25, 0.3) is 5.70 Å². The third kappa shape index (κ3) is 6.79. The lowest BCUT2D eigenvalue weighted by Gasteiger charge is -2.27. The molecule has 0 bridgehead atoms. The molecule has 0 spiro atoms. The summed E-state index contributed by atoms with van der Waals surface area (Å²) in [5.74, 6) is -0.211. The first-order valence-electron chi connectivity index (χ1n) is 12.7. The normalized spacial score (nSPS) is 19.4. The zero-order valence-corrected chi connectivity index (χ0v) is 21.9. The van der Waals surface area contributed by atoms with E-state index in [-0.39, 0.29) is 16.9 Å². The minimum atomic E-state index is -0.464. The molecule has 0 N–H and O–H groups in total. The number of anilines is 1. The minimum absolute atomic E-state index is 0.0680. The fourth-order valence-corrected chi connectivity index (χ4v) is 4.89. The van der Waals surface area contributed by atoms with Gasteiger partial charge in [0.1, 0.15) is 0 Å². The smallest absolute Gasteiger partial charge is 0.270 e. The second-order valence-electron chi connectivity index (χ2n) is 11.1. The highest BCUT2D eigenvalue weighted by molar-refractivity contribution is 6.07. The molecule has 188 valence electrons. The van der Waals surface area contributed by atoms with E-state index in [1.807, 2.05) is 6.08 Å². The van der Waals surface area contributed by atoms with E-state index in [2.05, 4.69) is 64.2 Å². The standard InChI is InChI=1S/C29H40N3O3/c1-29(2)25-14-10-11-15-26(25)30(20-12-8-6-7-9-13-21-32(3,4)5)28(29)19-16-23-22-24(31(34)35)17-18-27(23)33/h10-11,14-19,22H,6-9,12-13,20-21H2,1-5H3/q+1/b23-16-,28-19+. The zero-order valence-electron chi connectivity index (χ0n) is 21.9. The molecule has 0 atom stereocenters. The molecule has 6 nitrogen and oxygen atoms in total. The Kier molecular flexibility index (Phi) is 8.49. The van der Waals surface area contributed by atoms with Crippen LogP contribution in [0.1, 0.15) is 57.9 Å². The maximum absolute atomic E-state index is 12.3. The average Bonchev–Trinajstić information content (AvgIpc) is 3.00. The minimum Gasteiger partial charge on any atom is -0.344 e. The lowest BCUT2D eigenvalue weighted by molar-refractivity contribution is -0.870. The van der Waals surface area contributed by atoms with E-state index in [1.54, 1.807) is 6.08 Å². The summed E-state index contributed by atoms with van der Waals surface area (Å²) in [5.41, 5.74) is 3.64. The first kappa shape index (κ1) is 26.6. The van der Waals surface area contributed by atoms with Gasteiger partial charge >= 0.3 is 0 Å². The third-order valence-electron chi connectivity index (χ3n) is 6.88. The highest BCUT2D eigenvalue weighted by Crippen LogP contribution is 2.47. The number of fused-ring (bicyclic) bond motifs is 1. The molecule has 1 aliphatic heterocycles. The molecule has 0 amide bonds. The SMILES string of the molecule is CC1(C)/C(=C\C=C2\C=C([N+](=O)[O-])C=CC2=O)N(CCCCCCCC[N+](C)(C)C)c2ccccc21. The largest absolute Gasteiger partial charge is 0.344 e. The average molecular weight is 479 g/mol. The molecular weight excluding hydrogens is 438 g/mol. The van der Waals surface area contributed by atoms with Crippen LogP contribution in [0.3, 0.4) is 0 Å². The number of nitro groups is 1. The number of carbonyl (C=O) groups is 1. The molecule has 0 aromatic heterocycles. The van der Waals surface area contributed by atoms with Crippen LogP contribution in [0.5, 0.6) is 0 Å². The zero-order chi connectivity index (χ0) is 25.6.